The van der Waals surface area contributed by atoms with Crippen LogP contribution in [0, 0.1) is 0 Å². The van der Waals surface area contributed by atoms with Crippen LogP contribution in [-0.2, 0) is 17.9 Å². The van der Waals surface area contributed by atoms with Crippen LogP contribution in [0.15, 0.2) is 43.0 Å². The lowest BCUT2D eigenvalue weighted by Crippen LogP contribution is -2.26. The smallest absolute Gasteiger partial charge is 0.221 e. The Kier molecular flexibility index (Phi) is 10.3. The van der Waals surface area contributed by atoms with Crippen molar-refractivity contribution in [2.75, 3.05) is 13.6 Å². The van der Waals surface area contributed by atoms with E-state index in [-0.39, 0.29) is 30.7 Å². The molecule has 1 heterocycles. The minimum absolute atomic E-state index is 0. The van der Waals surface area contributed by atoms with Crippen molar-refractivity contribution in [3.63, 3.8) is 0 Å². The summed E-state index contributed by atoms with van der Waals surface area (Å²) in [6, 6.07) is 8.13. The normalized spacial score (nSPS) is 9.50. The molecular formula is C15H22Cl2N4O. The SMILES string of the molecule is CNCCC(=O)NCc1ccccc1Cn1ccnc1.Cl.Cl. The van der Waals surface area contributed by atoms with Crippen molar-refractivity contribution in [2.24, 2.45) is 0 Å². The van der Waals surface area contributed by atoms with Gasteiger partial charge in [-0.3, -0.25) is 4.79 Å². The molecule has 0 atom stereocenters. The minimum atomic E-state index is 0. The second-order valence-electron chi connectivity index (χ2n) is 4.63. The predicted molar refractivity (Wildman–Crippen MR) is 92.7 cm³/mol. The van der Waals surface area contributed by atoms with Gasteiger partial charge in [0.1, 0.15) is 0 Å². The van der Waals surface area contributed by atoms with Crippen molar-refractivity contribution in [3.8, 4) is 0 Å². The highest BCUT2D eigenvalue weighted by Crippen LogP contribution is 2.10. The average molecular weight is 345 g/mol. The Bertz CT molecular complexity index is 546. The summed E-state index contributed by atoms with van der Waals surface area (Å²) in [4.78, 5) is 15.7. The molecule has 22 heavy (non-hydrogen) atoms. The van der Waals surface area contributed by atoms with Crippen molar-refractivity contribution < 1.29 is 4.79 Å². The van der Waals surface area contributed by atoms with Crippen LogP contribution >= 0.6 is 24.8 Å². The average Bonchev–Trinajstić information content (AvgIpc) is 2.97. The Labute approximate surface area is 143 Å². The van der Waals surface area contributed by atoms with E-state index in [9.17, 15) is 4.79 Å². The maximum Gasteiger partial charge on any atom is 0.221 e. The van der Waals surface area contributed by atoms with Gasteiger partial charge in [0.05, 0.1) is 6.33 Å². The second kappa shape index (κ2) is 11.1. The van der Waals surface area contributed by atoms with Crippen molar-refractivity contribution in [3.05, 3.63) is 54.1 Å². The highest BCUT2D eigenvalue weighted by atomic mass is 35.5. The number of carbonyl (C=O) groups excluding carboxylic acids is 1. The highest BCUT2D eigenvalue weighted by Gasteiger charge is 2.05. The molecule has 2 aromatic rings. The third-order valence-electron chi connectivity index (χ3n) is 3.11. The van der Waals surface area contributed by atoms with Crippen LogP contribution in [0.4, 0.5) is 0 Å². The number of halogens is 2. The standard InChI is InChI=1S/C15H20N4O.2ClH/c1-16-7-6-15(20)18-10-13-4-2-3-5-14(13)11-19-9-8-17-12-19;;/h2-5,8-9,12,16H,6-7,10-11H2,1H3,(H,18,20);2*1H. The number of rotatable bonds is 7. The molecule has 0 fully saturated rings. The zero-order valence-corrected chi connectivity index (χ0v) is 14.1. The van der Waals surface area contributed by atoms with Crippen LogP contribution in [-0.4, -0.2) is 29.1 Å². The first-order valence-electron chi connectivity index (χ1n) is 6.73. The van der Waals surface area contributed by atoms with E-state index in [0.717, 1.165) is 12.1 Å². The molecule has 0 aliphatic rings. The third-order valence-corrected chi connectivity index (χ3v) is 3.11. The Balaban J connectivity index is 0.00000220. The van der Waals surface area contributed by atoms with E-state index in [1.165, 1.54) is 5.56 Å². The number of carbonyl (C=O) groups is 1. The van der Waals surface area contributed by atoms with Gasteiger partial charge in [-0.1, -0.05) is 24.3 Å². The van der Waals surface area contributed by atoms with Crippen LogP contribution in [0.2, 0.25) is 0 Å². The van der Waals surface area contributed by atoms with Gasteiger partial charge in [-0.2, -0.15) is 0 Å². The zero-order chi connectivity index (χ0) is 14.2. The fraction of sp³-hybridized carbons (Fsp3) is 0.333. The number of benzene rings is 1. The highest BCUT2D eigenvalue weighted by molar-refractivity contribution is 5.85. The summed E-state index contributed by atoms with van der Waals surface area (Å²) < 4.78 is 2.02. The van der Waals surface area contributed by atoms with Crippen molar-refractivity contribution in [2.45, 2.75) is 19.5 Å². The van der Waals surface area contributed by atoms with Crippen LogP contribution in [0.3, 0.4) is 0 Å². The van der Waals surface area contributed by atoms with Crippen molar-refractivity contribution in [1.82, 2.24) is 20.2 Å². The number of amides is 1. The third kappa shape index (κ3) is 6.47. The van der Waals surface area contributed by atoms with E-state index in [0.29, 0.717) is 19.5 Å². The summed E-state index contributed by atoms with van der Waals surface area (Å²) in [5.74, 6) is 0.0665. The topological polar surface area (TPSA) is 59.0 Å². The second-order valence-corrected chi connectivity index (χ2v) is 4.63. The summed E-state index contributed by atoms with van der Waals surface area (Å²) in [5.41, 5.74) is 2.33. The zero-order valence-electron chi connectivity index (χ0n) is 12.5. The fourth-order valence-corrected chi connectivity index (χ4v) is 1.98. The van der Waals surface area contributed by atoms with Crippen LogP contribution in [0.25, 0.3) is 0 Å². The lowest BCUT2D eigenvalue weighted by atomic mass is 10.1. The Morgan fingerprint density at radius 2 is 1.95 bits per heavy atom. The predicted octanol–water partition coefficient (Wildman–Crippen LogP) is 2.00. The van der Waals surface area contributed by atoms with E-state index in [1.807, 2.05) is 36.0 Å². The molecule has 1 aromatic carbocycles. The first-order valence-corrected chi connectivity index (χ1v) is 6.73. The molecular weight excluding hydrogens is 323 g/mol. The summed E-state index contributed by atoms with van der Waals surface area (Å²) in [7, 11) is 1.84. The van der Waals surface area contributed by atoms with E-state index in [1.54, 1.807) is 12.5 Å². The summed E-state index contributed by atoms with van der Waals surface area (Å²) >= 11 is 0. The maximum atomic E-state index is 11.6. The van der Waals surface area contributed by atoms with Gasteiger partial charge in [-0.05, 0) is 18.2 Å². The molecule has 7 heteroatoms. The molecule has 0 spiro atoms. The first-order chi connectivity index (χ1) is 9.79. The van der Waals surface area contributed by atoms with E-state index in [4.69, 9.17) is 0 Å². The van der Waals surface area contributed by atoms with Crippen molar-refractivity contribution in [1.29, 1.82) is 0 Å². The van der Waals surface area contributed by atoms with Crippen LogP contribution in [0.1, 0.15) is 17.5 Å². The molecule has 0 aliphatic heterocycles. The number of imidazole rings is 1. The Hall–Kier alpha value is -1.56. The van der Waals surface area contributed by atoms with E-state index in [2.05, 4.69) is 21.7 Å². The summed E-state index contributed by atoms with van der Waals surface area (Å²) in [6.45, 7) is 2.03. The van der Waals surface area contributed by atoms with Crippen LogP contribution in [0.5, 0.6) is 0 Å². The van der Waals surface area contributed by atoms with Gasteiger partial charge in [-0.15, -0.1) is 24.8 Å². The molecule has 0 unspecified atom stereocenters. The van der Waals surface area contributed by atoms with Crippen molar-refractivity contribution >= 4 is 30.7 Å². The van der Waals surface area contributed by atoms with Gasteiger partial charge in [-0.25, -0.2) is 4.98 Å². The van der Waals surface area contributed by atoms with Gasteiger partial charge in [0.15, 0.2) is 0 Å². The van der Waals surface area contributed by atoms with Gasteiger partial charge in [0, 0.05) is 38.4 Å². The largest absolute Gasteiger partial charge is 0.352 e. The lowest BCUT2D eigenvalue weighted by molar-refractivity contribution is -0.121. The molecule has 0 aliphatic carbocycles. The molecule has 1 amide bonds. The van der Waals surface area contributed by atoms with E-state index >= 15 is 0 Å². The number of hydrogen-bond donors (Lipinski definition) is 2. The minimum Gasteiger partial charge on any atom is -0.352 e. The molecule has 2 rings (SSSR count). The van der Waals surface area contributed by atoms with Crippen LogP contribution < -0.4 is 10.6 Å². The number of nitrogens with one attached hydrogen (secondary N) is 2. The molecule has 0 saturated carbocycles. The summed E-state index contributed by atoms with van der Waals surface area (Å²) in [6.07, 6.45) is 5.99. The molecule has 0 saturated heterocycles. The molecule has 122 valence electrons. The molecule has 0 bridgehead atoms. The molecule has 1 aromatic heterocycles. The summed E-state index contributed by atoms with van der Waals surface area (Å²) in [5, 5.41) is 5.92. The quantitative estimate of drug-likeness (QED) is 0.807. The van der Waals surface area contributed by atoms with Gasteiger partial charge < -0.3 is 15.2 Å². The number of aromatic nitrogens is 2. The first kappa shape index (κ1) is 20.4. The fourth-order valence-electron chi connectivity index (χ4n) is 1.98. The van der Waals surface area contributed by atoms with Gasteiger partial charge >= 0.3 is 0 Å². The van der Waals surface area contributed by atoms with Gasteiger partial charge in [0.2, 0.25) is 5.91 Å². The Morgan fingerprint density at radius 1 is 1.23 bits per heavy atom. The molecule has 0 radical (unpaired) electrons. The molecule has 2 N–H and O–H groups in total. The van der Waals surface area contributed by atoms with Gasteiger partial charge in [0.25, 0.3) is 0 Å². The monoisotopic (exact) mass is 344 g/mol. The molecule has 5 nitrogen and oxygen atoms in total. The van der Waals surface area contributed by atoms with E-state index < -0.39 is 0 Å². The number of nitrogens with zero attached hydrogens (tertiary/aromatic N) is 2. The lowest BCUT2D eigenvalue weighted by Gasteiger charge is -2.11. The maximum absolute atomic E-state index is 11.6. The Morgan fingerprint density at radius 3 is 2.59 bits per heavy atom. The number of hydrogen-bond acceptors (Lipinski definition) is 3.